The minimum atomic E-state index is -0.698. The molecule has 1 aliphatic rings. The Labute approximate surface area is 202 Å². The molecule has 2 aromatic heterocycles. The molecule has 0 unspecified atom stereocenters. The zero-order chi connectivity index (χ0) is 24.0. The monoisotopic (exact) mass is 495 g/mol. The lowest BCUT2D eigenvalue weighted by Crippen LogP contribution is -2.50. The van der Waals surface area contributed by atoms with Gasteiger partial charge in [0.05, 0.1) is 39.0 Å². The summed E-state index contributed by atoms with van der Waals surface area (Å²) in [5.74, 6) is -1.20. The number of hydrogen-bond acceptors (Lipinski definition) is 8. The van der Waals surface area contributed by atoms with Crippen LogP contribution < -0.4 is 16.0 Å². The van der Waals surface area contributed by atoms with Crippen molar-refractivity contribution < 1.29 is 8.78 Å². The molecule has 4 aromatic rings. The number of anilines is 2. The summed E-state index contributed by atoms with van der Waals surface area (Å²) < 4.78 is 30.5. The number of aromatic nitrogens is 2. The second-order valence-corrected chi connectivity index (χ2v) is 9.30. The van der Waals surface area contributed by atoms with Crippen LogP contribution in [0.25, 0.3) is 32.2 Å². The van der Waals surface area contributed by atoms with Crippen LogP contribution in [0.2, 0.25) is 5.02 Å². The van der Waals surface area contributed by atoms with Gasteiger partial charge in [-0.3, -0.25) is 4.98 Å². The van der Waals surface area contributed by atoms with Crippen molar-refractivity contribution in [3.05, 3.63) is 46.6 Å². The number of pyridine rings is 1. The van der Waals surface area contributed by atoms with Crippen molar-refractivity contribution in [2.75, 3.05) is 30.3 Å². The molecule has 1 atom stereocenters. The second-order valence-electron chi connectivity index (χ2n) is 7.86. The number of piperazine rings is 1. The Bertz CT molecular complexity index is 1540. The van der Waals surface area contributed by atoms with Crippen molar-refractivity contribution in [2.24, 2.45) is 0 Å². The van der Waals surface area contributed by atoms with Crippen LogP contribution in [0.5, 0.6) is 0 Å². The molecule has 0 bridgehead atoms. The van der Waals surface area contributed by atoms with Crippen LogP contribution in [0.4, 0.5) is 19.6 Å². The van der Waals surface area contributed by atoms with E-state index < -0.39 is 11.6 Å². The molecule has 1 fully saturated rings. The van der Waals surface area contributed by atoms with Gasteiger partial charge in [0.2, 0.25) is 0 Å². The lowest BCUT2D eigenvalue weighted by Gasteiger charge is -2.35. The molecule has 3 heterocycles. The molecule has 5 rings (SSSR count). The highest BCUT2D eigenvalue weighted by Crippen LogP contribution is 2.43. The summed E-state index contributed by atoms with van der Waals surface area (Å²) in [6, 6.07) is 8.41. The van der Waals surface area contributed by atoms with Gasteiger partial charge in [-0.05, 0) is 18.2 Å². The van der Waals surface area contributed by atoms with Crippen molar-refractivity contribution >= 4 is 54.9 Å². The van der Waals surface area contributed by atoms with Gasteiger partial charge in [0.25, 0.3) is 0 Å². The van der Waals surface area contributed by atoms with Crippen molar-refractivity contribution in [3.8, 4) is 23.3 Å². The van der Waals surface area contributed by atoms with E-state index in [0.29, 0.717) is 42.7 Å². The predicted octanol–water partition coefficient (Wildman–Crippen LogP) is 4.59. The zero-order valence-corrected chi connectivity index (χ0v) is 19.1. The number of nitrogens with two attached hydrogens (primary N) is 1. The highest BCUT2D eigenvalue weighted by atomic mass is 35.5. The fourth-order valence-electron chi connectivity index (χ4n) is 4.39. The predicted molar refractivity (Wildman–Crippen MR) is 129 cm³/mol. The molecule has 34 heavy (non-hydrogen) atoms. The van der Waals surface area contributed by atoms with Crippen molar-refractivity contribution in [1.29, 1.82) is 10.5 Å². The number of halogens is 3. The number of nitrogens with zero attached hydrogens (tertiary/aromatic N) is 5. The molecule has 170 valence electrons. The van der Waals surface area contributed by atoms with E-state index in [2.05, 4.69) is 27.4 Å². The van der Waals surface area contributed by atoms with E-state index in [-0.39, 0.29) is 43.1 Å². The van der Waals surface area contributed by atoms with E-state index in [1.807, 2.05) is 4.90 Å². The normalized spacial score (nSPS) is 16.0. The molecule has 0 spiro atoms. The van der Waals surface area contributed by atoms with Gasteiger partial charge in [0, 0.05) is 48.4 Å². The Balaban J connectivity index is 1.74. The highest BCUT2D eigenvalue weighted by molar-refractivity contribution is 7.22. The van der Waals surface area contributed by atoms with Gasteiger partial charge in [-0.1, -0.05) is 22.9 Å². The number of nitriles is 2. The molecule has 7 nitrogen and oxygen atoms in total. The third-order valence-corrected chi connectivity index (χ3v) is 7.03. The first-order valence-electron chi connectivity index (χ1n) is 10.3. The molecule has 0 radical (unpaired) electrons. The fourth-order valence-corrected chi connectivity index (χ4v) is 5.45. The lowest BCUT2D eigenvalue weighted by molar-refractivity contribution is 0.463. The Morgan fingerprint density at radius 2 is 2.12 bits per heavy atom. The maximum atomic E-state index is 16.0. The number of nitrogens with one attached hydrogen (secondary N) is 1. The lowest BCUT2D eigenvalue weighted by atomic mass is 9.99. The number of rotatable bonds is 3. The van der Waals surface area contributed by atoms with Gasteiger partial charge in [0.15, 0.2) is 10.9 Å². The van der Waals surface area contributed by atoms with E-state index in [9.17, 15) is 9.65 Å². The first-order valence-corrected chi connectivity index (χ1v) is 11.5. The third kappa shape index (κ3) is 3.57. The maximum Gasteiger partial charge on any atom is 0.181 e. The molecule has 1 aliphatic heterocycles. The standard InChI is InChI=1S/C23H16ClF2N7S/c24-15-7-14-19(18(26)17(15)13-1-2-16(25)22-20(13)32-23(29)34-22)31-9-11(8-28)21(14)33-6-5-30-12(10-33)3-4-27/h1-2,7,9,12,30H,3,5-6,10H2,(H2,29,32)/t12-/m0/s1. The van der Waals surface area contributed by atoms with Crippen LogP contribution in [0.15, 0.2) is 24.4 Å². The molecule has 0 amide bonds. The molecular formula is C23H16ClF2N7S. The SMILES string of the molecule is N#CC[C@H]1CN(c2c(C#N)cnc3c(F)c(-c4ccc(F)c5sc(N)nc45)c(Cl)cc23)CCN1. The Hall–Kier alpha value is -3.57. The number of fused-ring (bicyclic) bond motifs is 2. The van der Waals surface area contributed by atoms with Crippen molar-refractivity contribution in [3.63, 3.8) is 0 Å². The quantitative estimate of drug-likeness (QED) is 0.427. The number of thiazole rings is 1. The minimum absolute atomic E-state index is 0.0319. The average molecular weight is 496 g/mol. The van der Waals surface area contributed by atoms with E-state index in [0.717, 1.165) is 11.3 Å². The molecule has 2 aromatic carbocycles. The van der Waals surface area contributed by atoms with Gasteiger partial charge in [-0.2, -0.15) is 10.5 Å². The first-order chi connectivity index (χ1) is 16.4. The molecule has 0 aliphatic carbocycles. The van der Waals surface area contributed by atoms with E-state index in [1.165, 1.54) is 18.3 Å². The van der Waals surface area contributed by atoms with Gasteiger partial charge < -0.3 is 16.0 Å². The fraction of sp³-hybridized carbons (Fsp3) is 0.217. The van der Waals surface area contributed by atoms with Crippen molar-refractivity contribution in [1.82, 2.24) is 15.3 Å². The molecule has 0 saturated carbocycles. The van der Waals surface area contributed by atoms with Crippen LogP contribution in [0, 0.1) is 34.3 Å². The van der Waals surface area contributed by atoms with Crippen LogP contribution in [0.1, 0.15) is 12.0 Å². The number of benzene rings is 2. The van der Waals surface area contributed by atoms with Gasteiger partial charge in [-0.25, -0.2) is 13.8 Å². The number of nitrogen functional groups attached to an aromatic ring is 1. The van der Waals surface area contributed by atoms with E-state index >= 15 is 4.39 Å². The van der Waals surface area contributed by atoms with Gasteiger partial charge >= 0.3 is 0 Å². The Kier molecular flexibility index (Phi) is 5.66. The summed E-state index contributed by atoms with van der Waals surface area (Å²) in [7, 11) is 0. The largest absolute Gasteiger partial charge is 0.375 e. The number of hydrogen-bond donors (Lipinski definition) is 2. The third-order valence-electron chi connectivity index (χ3n) is 5.84. The molecule has 11 heteroatoms. The van der Waals surface area contributed by atoms with Crippen LogP contribution in [0.3, 0.4) is 0 Å². The molecular weight excluding hydrogens is 480 g/mol. The molecule has 1 saturated heterocycles. The first kappa shape index (κ1) is 22.2. The average Bonchev–Trinajstić information content (AvgIpc) is 3.22. The van der Waals surface area contributed by atoms with Crippen molar-refractivity contribution in [2.45, 2.75) is 12.5 Å². The summed E-state index contributed by atoms with van der Waals surface area (Å²) in [5, 5.41) is 22.7. The van der Waals surface area contributed by atoms with E-state index in [4.69, 9.17) is 22.6 Å². The summed E-state index contributed by atoms with van der Waals surface area (Å²) in [5.41, 5.74) is 7.18. The van der Waals surface area contributed by atoms with Crippen LogP contribution >= 0.6 is 22.9 Å². The summed E-state index contributed by atoms with van der Waals surface area (Å²) in [4.78, 5) is 10.4. The summed E-state index contributed by atoms with van der Waals surface area (Å²) in [6.07, 6.45) is 1.64. The summed E-state index contributed by atoms with van der Waals surface area (Å²) >= 11 is 7.57. The summed E-state index contributed by atoms with van der Waals surface area (Å²) in [6.45, 7) is 1.64. The Morgan fingerprint density at radius 3 is 2.88 bits per heavy atom. The smallest absolute Gasteiger partial charge is 0.181 e. The van der Waals surface area contributed by atoms with Gasteiger partial charge in [0.1, 0.15) is 17.4 Å². The zero-order valence-electron chi connectivity index (χ0n) is 17.6. The van der Waals surface area contributed by atoms with E-state index in [1.54, 1.807) is 6.07 Å². The maximum absolute atomic E-state index is 16.0. The van der Waals surface area contributed by atoms with Crippen LogP contribution in [-0.4, -0.2) is 35.6 Å². The molecule has 3 N–H and O–H groups in total. The minimum Gasteiger partial charge on any atom is -0.375 e. The second kappa shape index (κ2) is 8.65. The topological polar surface area (TPSA) is 115 Å². The van der Waals surface area contributed by atoms with Gasteiger partial charge in [-0.15, -0.1) is 0 Å². The van der Waals surface area contributed by atoms with Crippen LogP contribution in [-0.2, 0) is 0 Å². The highest BCUT2D eigenvalue weighted by Gasteiger charge is 2.27. The Morgan fingerprint density at radius 1 is 1.29 bits per heavy atom.